The highest BCUT2D eigenvalue weighted by Gasteiger charge is 2.53. The number of benzene rings is 1. The highest BCUT2D eigenvalue weighted by atomic mass is 16.5. The summed E-state index contributed by atoms with van der Waals surface area (Å²) in [6.45, 7) is 8.16. The maximum absolute atomic E-state index is 13.5. The van der Waals surface area contributed by atoms with E-state index in [-0.39, 0.29) is 47.3 Å². The average Bonchev–Trinajstić information content (AvgIpc) is 3.66. The van der Waals surface area contributed by atoms with E-state index in [0.717, 1.165) is 29.7 Å². The third-order valence-electron chi connectivity index (χ3n) is 8.24. The van der Waals surface area contributed by atoms with Crippen LogP contribution < -0.4 is 15.8 Å². The van der Waals surface area contributed by atoms with Crippen LogP contribution in [0.4, 0.5) is 0 Å². The highest BCUT2D eigenvalue weighted by Crippen LogP contribution is 2.52. The predicted octanol–water partition coefficient (Wildman–Crippen LogP) is 4.28. The van der Waals surface area contributed by atoms with Crippen LogP contribution >= 0.6 is 0 Å². The molecule has 5 rings (SSSR count). The number of aliphatic imine (C=N–C) groups is 1. The van der Waals surface area contributed by atoms with Gasteiger partial charge in [-0.1, -0.05) is 38.1 Å². The summed E-state index contributed by atoms with van der Waals surface area (Å²) in [5, 5.41) is 3.29. The van der Waals surface area contributed by atoms with Crippen LogP contribution in [-0.2, 0) is 9.59 Å². The molecule has 1 unspecified atom stereocenters. The van der Waals surface area contributed by atoms with Crippen LogP contribution in [0.25, 0.3) is 0 Å². The summed E-state index contributed by atoms with van der Waals surface area (Å²) >= 11 is 0. The third kappa shape index (κ3) is 4.81. The monoisotopic (exact) mass is 503 g/mol. The molecule has 37 heavy (non-hydrogen) atoms. The molecule has 0 radical (unpaired) electrons. The summed E-state index contributed by atoms with van der Waals surface area (Å²) in [6.07, 6.45) is 6.63. The fourth-order valence-corrected chi connectivity index (χ4v) is 6.00. The van der Waals surface area contributed by atoms with Gasteiger partial charge in [0, 0.05) is 30.3 Å². The van der Waals surface area contributed by atoms with Crippen LogP contribution in [0.15, 0.2) is 53.8 Å². The van der Waals surface area contributed by atoms with E-state index in [1.54, 1.807) is 17.3 Å². The lowest BCUT2D eigenvalue weighted by Gasteiger charge is -2.40. The summed E-state index contributed by atoms with van der Waals surface area (Å²) in [7, 11) is 0. The van der Waals surface area contributed by atoms with E-state index in [4.69, 9.17) is 15.5 Å². The van der Waals surface area contributed by atoms with E-state index in [1.165, 1.54) is 0 Å². The number of nitrogens with two attached hydrogens (primary N) is 1. The summed E-state index contributed by atoms with van der Waals surface area (Å²) < 4.78 is 6.13. The number of carbonyl (C=O) groups is 2. The molecule has 0 bridgehead atoms. The molecule has 2 aromatic rings. The zero-order valence-electron chi connectivity index (χ0n) is 22.1. The Bertz CT molecular complexity index is 1210. The van der Waals surface area contributed by atoms with Gasteiger partial charge in [0.2, 0.25) is 11.8 Å². The second-order valence-electron chi connectivity index (χ2n) is 11.2. The van der Waals surface area contributed by atoms with Crippen molar-refractivity contribution in [2.75, 3.05) is 0 Å². The molecule has 4 atom stereocenters. The Balaban J connectivity index is 1.40. The number of fused-ring (bicyclic) bond motifs is 1. The van der Waals surface area contributed by atoms with Gasteiger partial charge in [-0.15, -0.1) is 0 Å². The van der Waals surface area contributed by atoms with Gasteiger partial charge >= 0.3 is 0 Å². The van der Waals surface area contributed by atoms with Gasteiger partial charge in [-0.05, 0) is 56.7 Å². The lowest BCUT2D eigenvalue weighted by atomic mass is 9.87. The summed E-state index contributed by atoms with van der Waals surface area (Å²) in [5.41, 5.74) is 7.49. The van der Waals surface area contributed by atoms with Crippen LogP contribution in [0.3, 0.4) is 0 Å². The first-order valence-electron chi connectivity index (χ1n) is 13.3. The van der Waals surface area contributed by atoms with Crippen molar-refractivity contribution in [2.24, 2.45) is 22.6 Å². The summed E-state index contributed by atoms with van der Waals surface area (Å²) in [6, 6.07) is 11.2. The number of aromatic nitrogens is 1. The number of carbonyl (C=O) groups excluding carboxylic acids is 2. The number of hydrogen-bond acceptors (Lipinski definition) is 6. The molecular formula is C29H37N5O3. The number of guanidine groups is 1. The maximum Gasteiger partial charge on any atom is 0.232 e. The second-order valence-corrected chi connectivity index (χ2v) is 11.2. The SMILES string of the molecule is CCC1(CC)CC(=O)N([C@H](c2cccnc2)[C@H]2CC2C(=O)N[C@H]2CC(C)(C)Oc3ccccc32)C(N)=N1. The van der Waals surface area contributed by atoms with E-state index < -0.39 is 5.54 Å². The fourth-order valence-electron chi connectivity index (χ4n) is 6.00. The lowest BCUT2D eigenvalue weighted by molar-refractivity contribution is -0.132. The molecule has 1 aromatic carbocycles. The zero-order chi connectivity index (χ0) is 26.4. The molecule has 8 nitrogen and oxygen atoms in total. The smallest absolute Gasteiger partial charge is 0.232 e. The largest absolute Gasteiger partial charge is 0.487 e. The van der Waals surface area contributed by atoms with Crippen molar-refractivity contribution in [1.82, 2.24) is 15.2 Å². The Morgan fingerprint density at radius 3 is 2.65 bits per heavy atom. The third-order valence-corrected chi connectivity index (χ3v) is 8.24. The van der Waals surface area contributed by atoms with Gasteiger partial charge in [0.15, 0.2) is 5.96 Å². The maximum atomic E-state index is 13.5. The normalized spacial score (nSPS) is 26.4. The Morgan fingerprint density at radius 1 is 1.22 bits per heavy atom. The number of nitrogens with one attached hydrogen (secondary N) is 1. The van der Waals surface area contributed by atoms with Crippen molar-refractivity contribution in [3.8, 4) is 5.75 Å². The Hall–Kier alpha value is -3.42. The van der Waals surface area contributed by atoms with E-state index in [0.29, 0.717) is 19.3 Å². The second kappa shape index (κ2) is 9.47. The quantitative estimate of drug-likeness (QED) is 0.586. The summed E-state index contributed by atoms with van der Waals surface area (Å²) in [4.78, 5) is 37.8. The van der Waals surface area contributed by atoms with Crippen molar-refractivity contribution in [1.29, 1.82) is 0 Å². The van der Waals surface area contributed by atoms with E-state index in [2.05, 4.69) is 10.3 Å². The van der Waals surface area contributed by atoms with Crippen LogP contribution in [0.1, 0.15) is 83.0 Å². The molecule has 1 aromatic heterocycles. The number of rotatable bonds is 7. The average molecular weight is 504 g/mol. The number of ether oxygens (including phenoxy) is 1. The van der Waals surface area contributed by atoms with E-state index >= 15 is 0 Å². The van der Waals surface area contributed by atoms with Gasteiger partial charge in [-0.25, -0.2) is 4.99 Å². The van der Waals surface area contributed by atoms with Crippen LogP contribution in [0.5, 0.6) is 5.75 Å². The van der Waals surface area contributed by atoms with Gasteiger partial charge in [0.1, 0.15) is 11.4 Å². The lowest BCUT2D eigenvalue weighted by Crippen LogP contribution is -2.53. The minimum absolute atomic E-state index is 0.00664. The van der Waals surface area contributed by atoms with Gasteiger partial charge < -0.3 is 15.8 Å². The predicted molar refractivity (Wildman–Crippen MR) is 142 cm³/mol. The van der Waals surface area contributed by atoms with Gasteiger partial charge in [-0.3, -0.25) is 19.5 Å². The molecule has 0 saturated heterocycles. The van der Waals surface area contributed by atoms with E-state index in [9.17, 15) is 9.59 Å². The zero-order valence-corrected chi connectivity index (χ0v) is 22.1. The first-order chi connectivity index (χ1) is 17.7. The topological polar surface area (TPSA) is 110 Å². The Morgan fingerprint density at radius 2 is 1.97 bits per heavy atom. The molecule has 0 spiro atoms. The van der Waals surface area contributed by atoms with Crippen molar-refractivity contribution in [2.45, 2.75) is 83.0 Å². The van der Waals surface area contributed by atoms with Crippen molar-refractivity contribution >= 4 is 17.8 Å². The molecule has 1 saturated carbocycles. The van der Waals surface area contributed by atoms with Crippen LogP contribution in [0.2, 0.25) is 0 Å². The first kappa shape index (κ1) is 25.2. The minimum Gasteiger partial charge on any atom is -0.487 e. The molecule has 196 valence electrons. The van der Waals surface area contributed by atoms with Gasteiger partial charge in [-0.2, -0.15) is 0 Å². The molecule has 3 N–H and O–H groups in total. The Labute approximate surface area is 218 Å². The first-order valence-corrected chi connectivity index (χ1v) is 13.3. The van der Waals surface area contributed by atoms with E-state index in [1.807, 2.05) is 64.1 Å². The summed E-state index contributed by atoms with van der Waals surface area (Å²) in [5.74, 6) is 0.695. The molecule has 2 amide bonds. The van der Waals surface area contributed by atoms with Crippen molar-refractivity contribution < 1.29 is 14.3 Å². The van der Waals surface area contributed by atoms with Crippen molar-refractivity contribution in [3.63, 3.8) is 0 Å². The number of amides is 2. The van der Waals surface area contributed by atoms with Crippen LogP contribution in [0, 0.1) is 11.8 Å². The number of nitrogens with zero attached hydrogens (tertiary/aromatic N) is 3. The highest BCUT2D eigenvalue weighted by molar-refractivity contribution is 5.99. The molecule has 1 aliphatic carbocycles. The number of hydrogen-bond donors (Lipinski definition) is 2. The molecule has 3 heterocycles. The Kier molecular flexibility index (Phi) is 6.46. The minimum atomic E-state index is -0.458. The number of pyridine rings is 1. The van der Waals surface area contributed by atoms with Gasteiger partial charge in [0.05, 0.1) is 24.0 Å². The standard InChI is InChI=1S/C29H37N5O3/c1-5-29(6-2)16-24(35)34(27(30)33-29)25(18-10-9-13-31-17-18)20-14-21(20)26(36)32-22-15-28(3,4)37-23-12-8-7-11-19(22)23/h7-13,17,20-22,25H,5-6,14-16H2,1-4H3,(H2,30,33)(H,32,36)/t20-,21?,22-,25+/m0/s1. The number of para-hydroxylation sites is 1. The fraction of sp³-hybridized carbons (Fsp3) is 0.517. The molecular weight excluding hydrogens is 466 g/mol. The molecule has 8 heteroatoms. The molecule has 1 fully saturated rings. The molecule has 2 aliphatic heterocycles. The van der Waals surface area contributed by atoms with Crippen LogP contribution in [-0.4, -0.2) is 38.8 Å². The van der Waals surface area contributed by atoms with Gasteiger partial charge in [0.25, 0.3) is 0 Å². The van der Waals surface area contributed by atoms with Crippen molar-refractivity contribution in [3.05, 3.63) is 59.9 Å². The molecule has 3 aliphatic rings.